The van der Waals surface area contributed by atoms with Crippen LogP contribution in [0.15, 0.2) is 65.6 Å². The fourth-order valence-electron chi connectivity index (χ4n) is 2.28. The Balaban J connectivity index is 1.99. The van der Waals surface area contributed by atoms with Gasteiger partial charge in [-0.05, 0) is 42.7 Å². The fraction of sp³-hybridized carbons (Fsp3) is 0.0556. The molecule has 0 bridgehead atoms. The van der Waals surface area contributed by atoms with E-state index >= 15 is 0 Å². The molecule has 3 nitrogen and oxygen atoms in total. The molecule has 0 unspecified atom stereocenters. The van der Waals surface area contributed by atoms with Crippen LogP contribution < -0.4 is 4.72 Å². The number of hydrogen-bond donors (Lipinski definition) is 1. The normalized spacial score (nSPS) is 11.4. The summed E-state index contributed by atoms with van der Waals surface area (Å²) >= 11 is 1.41. The van der Waals surface area contributed by atoms with E-state index in [1.165, 1.54) is 11.3 Å². The van der Waals surface area contributed by atoms with Crippen LogP contribution in [0.25, 0.3) is 10.4 Å². The van der Waals surface area contributed by atoms with E-state index in [4.69, 9.17) is 0 Å². The summed E-state index contributed by atoms with van der Waals surface area (Å²) in [6.07, 6.45) is 0. The third-order valence-electron chi connectivity index (χ3n) is 3.59. The topological polar surface area (TPSA) is 46.2 Å². The molecule has 0 saturated carbocycles. The lowest BCUT2D eigenvalue weighted by molar-refractivity contribution is 0.601. The smallest absolute Gasteiger partial charge is 0.262 e. The average molecular weight is 342 g/mol. The summed E-state index contributed by atoms with van der Waals surface area (Å²) < 4.78 is 27.6. The largest absolute Gasteiger partial charge is 0.270 e. The van der Waals surface area contributed by atoms with Crippen molar-refractivity contribution in [1.82, 2.24) is 0 Å². The lowest BCUT2D eigenvalue weighted by atomic mass is 10.1. The zero-order chi connectivity index (χ0) is 16.4. The standard InChI is InChI=1S/C18H16NO2S2/c1-13-14(2)18(22-17(13)15-9-5-3-6-10-15)19-23(20,21)16-11-7-4-8-12-16/h3-12,19H,2H2,1H3. The summed E-state index contributed by atoms with van der Waals surface area (Å²) in [6.45, 7) is 5.99. The van der Waals surface area contributed by atoms with E-state index in [0.29, 0.717) is 10.6 Å². The Kier molecular flexibility index (Phi) is 4.24. The molecule has 0 spiro atoms. The fourth-order valence-corrected chi connectivity index (χ4v) is 4.78. The van der Waals surface area contributed by atoms with Crippen molar-refractivity contribution in [2.75, 3.05) is 4.72 Å². The first-order valence-electron chi connectivity index (χ1n) is 7.07. The van der Waals surface area contributed by atoms with Crippen LogP contribution in [-0.4, -0.2) is 8.42 Å². The molecule has 0 amide bonds. The van der Waals surface area contributed by atoms with Gasteiger partial charge in [0, 0.05) is 4.88 Å². The summed E-state index contributed by atoms with van der Waals surface area (Å²) in [5.74, 6) is 0. The van der Waals surface area contributed by atoms with E-state index in [-0.39, 0.29) is 4.90 Å². The highest BCUT2D eigenvalue weighted by Crippen LogP contribution is 2.40. The number of sulfonamides is 1. The number of anilines is 1. The van der Waals surface area contributed by atoms with Crippen LogP contribution in [0.4, 0.5) is 5.00 Å². The van der Waals surface area contributed by atoms with Crippen LogP contribution in [-0.2, 0) is 10.0 Å². The van der Waals surface area contributed by atoms with Gasteiger partial charge in [-0.2, -0.15) is 0 Å². The zero-order valence-electron chi connectivity index (χ0n) is 12.6. The van der Waals surface area contributed by atoms with Gasteiger partial charge in [-0.15, -0.1) is 11.3 Å². The Hall–Kier alpha value is -2.11. The summed E-state index contributed by atoms with van der Waals surface area (Å²) in [6, 6.07) is 18.2. The molecule has 1 heterocycles. The van der Waals surface area contributed by atoms with Gasteiger partial charge in [-0.3, -0.25) is 4.72 Å². The Morgan fingerprint density at radius 3 is 2.13 bits per heavy atom. The third-order valence-corrected chi connectivity index (χ3v) is 6.38. The lowest BCUT2D eigenvalue weighted by Crippen LogP contribution is -2.12. The quantitative estimate of drug-likeness (QED) is 0.746. The molecule has 1 N–H and O–H groups in total. The Morgan fingerprint density at radius 1 is 0.957 bits per heavy atom. The van der Waals surface area contributed by atoms with Gasteiger partial charge in [0.15, 0.2) is 0 Å². The predicted octanol–water partition coefficient (Wildman–Crippen LogP) is 4.71. The predicted molar refractivity (Wildman–Crippen MR) is 96.2 cm³/mol. The molecule has 0 atom stereocenters. The van der Waals surface area contributed by atoms with Gasteiger partial charge in [0.05, 0.1) is 4.90 Å². The SMILES string of the molecule is [CH2]c1c(NS(=O)(=O)c2ccccc2)sc(-c2ccccc2)c1C. The van der Waals surface area contributed by atoms with Crippen LogP contribution in [0.5, 0.6) is 0 Å². The highest BCUT2D eigenvalue weighted by molar-refractivity contribution is 7.93. The van der Waals surface area contributed by atoms with Crippen LogP contribution in [0.2, 0.25) is 0 Å². The second kappa shape index (κ2) is 6.18. The number of benzene rings is 2. The second-order valence-corrected chi connectivity index (χ2v) is 7.85. The highest BCUT2D eigenvalue weighted by atomic mass is 32.2. The zero-order valence-corrected chi connectivity index (χ0v) is 14.2. The van der Waals surface area contributed by atoms with Crippen molar-refractivity contribution in [3.63, 3.8) is 0 Å². The first-order valence-corrected chi connectivity index (χ1v) is 9.37. The minimum Gasteiger partial charge on any atom is -0.270 e. The van der Waals surface area contributed by atoms with Crippen molar-refractivity contribution in [2.45, 2.75) is 11.8 Å². The molecular formula is C18H16NO2S2. The van der Waals surface area contributed by atoms with E-state index in [0.717, 1.165) is 16.0 Å². The molecule has 117 valence electrons. The summed E-state index contributed by atoms with van der Waals surface area (Å²) in [7, 11) is -3.60. The molecule has 5 heteroatoms. The summed E-state index contributed by atoms with van der Waals surface area (Å²) in [4.78, 5) is 1.27. The molecule has 0 aliphatic rings. The Labute approximate surface area is 140 Å². The van der Waals surface area contributed by atoms with E-state index in [1.807, 2.05) is 37.3 Å². The molecule has 0 saturated heterocycles. The molecule has 0 aliphatic carbocycles. The number of nitrogens with one attached hydrogen (secondary N) is 1. The third kappa shape index (κ3) is 3.16. The van der Waals surface area contributed by atoms with Crippen molar-refractivity contribution in [3.8, 4) is 10.4 Å². The van der Waals surface area contributed by atoms with Crippen molar-refractivity contribution in [3.05, 3.63) is 78.7 Å². The van der Waals surface area contributed by atoms with Crippen LogP contribution in [0.1, 0.15) is 11.1 Å². The van der Waals surface area contributed by atoms with Gasteiger partial charge in [-0.1, -0.05) is 48.5 Å². The Morgan fingerprint density at radius 2 is 1.52 bits per heavy atom. The second-order valence-electron chi connectivity index (χ2n) is 5.15. The number of thiophene rings is 1. The monoisotopic (exact) mass is 342 g/mol. The van der Waals surface area contributed by atoms with Gasteiger partial charge < -0.3 is 0 Å². The van der Waals surface area contributed by atoms with Crippen molar-refractivity contribution >= 4 is 26.4 Å². The van der Waals surface area contributed by atoms with Crippen LogP contribution >= 0.6 is 11.3 Å². The minimum absolute atomic E-state index is 0.242. The number of hydrogen-bond acceptors (Lipinski definition) is 3. The van der Waals surface area contributed by atoms with Gasteiger partial charge >= 0.3 is 0 Å². The molecule has 3 aromatic rings. The summed E-state index contributed by atoms with van der Waals surface area (Å²) in [5.41, 5.74) is 2.77. The van der Waals surface area contributed by atoms with Crippen molar-refractivity contribution in [2.24, 2.45) is 0 Å². The van der Waals surface area contributed by atoms with Gasteiger partial charge in [0.25, 0.3) is 10.0 Å². The van der Waals surface area contributed by atoms with Crippen LogP contribution in [0, 0.1) is 13.8 Å². The first-order chi connectivity index (χ1) is 11.0. The molecule has 1 radical (unpaired) electrons. The molecule has 0 aliphatic heterocycles. The van der Waals surface area contributed by atoms with Crippen molar-refractivity contribution < 1.29 is 8.42 Å². The molecule has 3 rings (SSSR count). The van der Waals surface area contributed by atoms with Gasteiger partial charge in [-0.25, -0.2) is 8.42 Å². The van der Waals surface area contributed by atoms with Crippen LogP contribution in [0.3, 0.4) is 0 Å². The Bertz CT molecular complexity index is 914. The van der Waals surface area contributed by atoms with E-state index in [1.54, 1.807) is 30.3 Å². The highest BCUT2D eigenvalue weighted by Gasteiger charge is 2.19. The first kappa shape index (κ1) is 15.8. The molecule has 23 heavy (non-hydrogen) atoms. The maximum absolute atomic E-state index is 12.5. The summed E-state index contributed by atoms with van der Waals surface area (Å²) in [5, 5.41) is 0.560. The minimum atomic E-state index is -3.60. The van der Waals surface area contributed by atoms with Gasteiger partial charge in [0.2, 0.25) is 0 Å². The molecular weight excluding hydrogens is 326 g/mol. The maximum atomic E-state index is 12.5. The van der Waals surface area contributed by atoms with E-state index in [9.17, 15) is 8.42 Å². The molecule has 0 fully saturated rings. The van der Waals surface area contributed by atoms with Crippen molar-refractivity contribution in [1.29, 1.82) is 0 Å². The lowest BCUT2D eigenvalue weighted by Gasteiger charge is -2.06. The average Bonchev–Trinajstić information content (AvgIpc) is 2.84. The van der Waals surface area contributed by atoms with E-state index < -0.39 is 10.0 Å². The maximum Gasteiger partial charge on any atom is 0.262 e. The van der Waals surface area contributed by atoms with Gasteiger partial charge in [0.1, 0.15) is 5.00 Å². The molecule has 2 aromatic carbocycles. The molecule has 1 aromatic heterocycles. The number of rotatable bonds is 4. The van der Waals surface area contributed by atoms with E-state index in [2.05, 4.69) is 11.6 Å².